The van der Waals surface area contributed by atoms with E-state index in [-0.39, 0.29) is 38.0 Å². The van der Waals surface area contributed by atoms with E-state index in [1.165, 1.54) is 9.80 Å². The van der Waals surface area contributed by atoms with Gasteiger partial charge in [0.1, 0.15) is 24.3 Å². The summed E-state index contributed by atoms with van der Waals surface area (Å²) in [6.07, 6.45) is -0.103. The highest BCUT2D eigenvalue weighted by molar-refractivity contribution is 5.87. The van der Waals surface area contributed by atoms with Crippen LogP contribution < -0.4 is 0 Å². The summed E-state index contributed by atoms with van der Waals surface area (Å²) in [7, 11) is 0. The number of esters is 1. The summed E-state index contributed by atoms with van der Waals surface area (Å²) >= 11 is 0. The molecule has 1 aromatic carbocycles. The third-order valence-corrected chi connectivity index (χ3v) is 4.64. The van der Waals surface area contributed by atoms with Crippen LogP contribution in [0.25, 0.3) is 0 Å². The van der Waals surface area contributed by atoms with E-state index >= 15 is 0 Å². The first-order valence-electron chi connectivity index (χ1n) is 10.0. The molecule has 1 aliphatic heterocycles. The summed E-state index contributed by atoms with van der Waals surface area (Å²) in [5, 5.41) is 9.52. The average molecular weight is 415 g/mol. The maximum Gasteiger partial charge on any atom is 0.410 e. The molecule has 2 rings (SSSR count). The summed E-state index contributed by atoms with van der Waals surface area (Å²) < 4.78 is 10.6. The molecule has 1 fully saturated rings. The van der Waals surface area contributed by atoms with Crippen molar-refractivity contribution in [2.24, 2.45) is 0 Å². The fourth-order valence-corrected chi connectivity index (χ4v) is 3.17. The minimum atomic E-state index is -0.795. The number of hydrogen-bond donors (Lipinski definition) is 0. The lowest BCUT2D eigenvalue weighted by Crippen LogP contribution is -2.62. The first-order valence-corrected chi connectivity index (χ1v) is 10.0. The van der Waals surface area contributed by atoms with E-state index in [9.17, 15) is 19.6 Å². The van der Waals surface area contributed by atoms with Gasteiger partial charge in [0, 0.05) is 13.0 Å². The van der Waals surface area contributed by atoms with E-state index in [1.807, 2.05) is 30.3 Å². The fraction of sp³-hybridized carbons (Fsp3) is 0.545. The number of piperazine rings is 1. The minimum absolute atomic E-state index is 0.0590. The van der Waals surface area contributed by atoms with E-state index < -0.39 is 23.8 Å². The Balaban J connectivity index is 1.92. The molecule has 8 nitrogen and oxygen atoms in total. The van der Waals surface area contributed by atoms with Gasteiger partial charge in [-0.3, -0.25) is 14.5 Å². The number of carbonyl (C=O) groups excluding carboxylic acids is 3. The maximum absolute atomic E-state index is 12.8. The summed E-state index contributed by atoms with van der Waals surface area (Å²) in [5.41, 5.74) is 0.268. The molecule has 8 heteroatoms. The molecule has 1 aliphatic rings. The Morgan fingerprint density at radius 3 is 2.50 bits per heavy atom. The summed E-state index contributed by atoms with van der Waals surface area (Å²) in [4.78, 5) is 39.9. The number of benzene rings is 1. The van der Waals surface area contributed by atoms with Crippen molar-refractivity contribution in [3.63, 3.8) is 0 Å². The predicted molar refractivity (Wildman–Crippen MR) is 109 cm³/mol. The van der Waals surface area contributed by atoms with Crippen molar-refractivity contribution in [1.82, 2.24) is 9.80 Å². The Bertz CT molecular complexity index is 797. The van der Waals surface area contributed by atoms with Gasteiger partial charge in [-0.1, -0.05) is 30.3 Å². The van der Waals surface area contributed by atoms with Gasteiger partial charge in [0.15, 0.2) is 0 Å². The van der Waals surface area contributed by atoms with E-state index in [2.05, 4.69) is 6.07 Å². The molecule has 1 saturated heterocycles. The molecule has 0 aromatic heterocycles. The van der Waals surface area contributed by atoms with Crippen LogP contribution >= 0.6 is 0 Å². The SMILES string of the molecule is C[C@H]1C(=O)N(CCCC(=O)OC(C)(C)C)C(C#N)CN1C(=O)OCc1ccccc1. The van der Waals surface area contributed by atoms with Crippen LogP contribution in [0, 0.1) is 11.3 Å². The molecule has 0 aliphatic carbocycles. The molecule has 0 saturated carbocycles. The Hall–Kier alpha value is -3.08. The van der Waals surface area contributed by atoms with Crippen molar-refractivity contribution in [1.29, 1.82) is 5.26 Å². The molecule has 1 heterocycles. The first-order chi connectivity index (χ1) is 14.1. The lowest BCUT2D eigenvalue weighted by atomic mass is 10.1. The number of nitrogens with zero attached hydrogens (tertiary/aromatic N) is 3. The normalized spacial score (nSPS) is 19.2. The second-order valence-electron chi connectivity index (χ2n) is 8.24. The van der Waals surface area contributed by atoms with Crippen LogP contribution in [0.15, 0.2) is 30.3 Å². The van der Waals surface area contributed by atoms with Gasteiger partial charge in [-0.05, 0) is 39.7 Å². The second-order valence-corrected chi connectivity index (χ2v) is 8.24. The van der Waals surface area contributed by atoms with Crippen LogP contribution in [0.3, 0.4) is 0 Å². The molecule has 1 unspecified atom stereocenters. The van der Waals surface area contributed by atoms with Crippen molar-refractivity contribution in [3.05, 3.63) is 35.9 Å². The van der Waals surface area contributed by atoms with E-state index in [0.717, 1.165) is 5.56 Å². The number of rotatable bonds is 6. The van der Waals surface area contributed by atoms with Crippen LogP contribution in [-0.4, -0.2) is 58.5 Å². The zero-order chi connectivity index (χ0) is 22.3. The van der Waals surface area contributed by atoms with Crippen molar-refractivity contribution in [3.8, 4) is 6.07 Å². The highest BCUT2D eigenvalue weighted by Crippen LogP contribution is 2.19. The van der Waals surface area contributed by atoms with Crippen molar-refractivity contribution in [2.45, 2.75) is 64.8 Å². The molecule has 0 N–H and O–H groups in total. The molecule has 0 radical (unpaired) electrons. The Morgan fingerprint density at radius 1 is 1.23 bits per heavy atom. The predicted octanol–water partition coefficient (Wildman–Crippen LogP) is 2.87. The van der Waals surface area contributed by atoms with Gasteiger partial charge in [0.05, 0.1) is 12.6 Å². The molecular formula is C22H29N3O5. The van der Waals surface area contributed by atoms with Crippen molar-refractivity contribution >= 4 is 18.0 Å². The highest BCUT2D eigenvalue weighted by Gasteiger charge is 2.40. The summed E-state index contributed by atoms with van der Waals surface area (Å²) in [6.45, 7) is 7.37. The zero-order valence-corrected chi connectivity index (χ0v) is 18.0. The number of amides is 2. The second kappa shape index (κ2) is 10.1. The molecular weight excluding hydrogens is 386 g/mol. The fourth-order valence-electron chi connectivity index (χ4n) is 3.17. The molecule has 30 heavy (non-hydrogen) atoms. The molecule has 0 bridgehead atoms. The number of hydrogen-bond acceptors (Lipinski definition) is 6. The number of carbonyl (C=O) groups is 3. The number of ether oxygens (including phenoxy) is 2. The third-order valence-electron chi connectivity index (χ3n) is 4.64. The van der Waals surface area contributed by atoms with Gasteiger partial charge in [-0.25, -0.2) is 4.79 Å². The van der Waals surface area contributed by atoms with Crippen LogP contribution in [0.4, 0.5) is 4.79 Å². The third kappa shape index (κ3) is 6.48. The molecule has 162 valence electrons. The molecule has 1 aromatic rings. The summed E-state index contributed by atoms with van der Waals surface area (Å²) in [5.74, 6) is -0.687. The largest absolute Gasteiger partial charge is 0.460 e. The topological polar surface area (TPSA) is 99.9 Å². The van der Waals surface area contributed by atoms with Crippen molar-refractivity contribution in [2.75, 3.05) is 13.1 Å². The smallest absolute Gasteiger partial charge is 0.410 e. The number of nitriles is 1. The molecule has 2 amide bonds. The monoisotopic (exact) mass is 415 g/mol. The van der Waals surface area contributed by atoms with Crippen LogP contribution in [-0.2, 0) is 25.7 Å². The highest BCUT2D eigenvalue weighted by atomic mass is 16.6. The lowest BCUT2D eigenvalue weighted by molar-refractivity contribution is -0.155. The van der Waals surface area contributed by atoms with Crippen LogP contribution in [0.1, 0.15) is 46.1 Å². The quantitative estimate of drug-likeness (QED) is 0.663. The standard InChI is InChI=1S/C22H29N3O5/c1-16-20(27)24(12-8-11-19(26)30-22(2,3)4)18(13-23)14-25(16)21(28)29-15-17-9-6-5-7-10-17/h5-7,9-10,16,18H,8,11-12,14-15H2,1-4H3/t16-,18?/m0/s1. The molecule has 0 spiro atoms. The van der Waals surface area contributed by atoms with E-state index in [1.54, 1.807) is 27.7 Å². The van der Waals surface area contributed by atoms with Gasteiger partial charge in [0.2, 0.25) is 5.91 Å². The first kappa shape index (κ1) is 23.2. The van der Waals surface area contributed by atoms with E-state index in [0.29, 0.717) is 6.42 Å². The van der Waals surface area contributed by atoms with Gasteiger partial charge in [-0.2, -0.15) is 5.26 Å². The Kier molecular flexibility index (Phi) is 7.81. The zero-order valence-electron chi connectivity index (χ0n) is 18.0. The minimum Gasteiger partial charge on any atom is -0.460 e. The average Bonchev–Trinajstić information content (AvgIpc) is 2.69. The van der Waals surface area contributed by atoms with Gasteiger partial charge in [-0.15, -0.1) is 0 Å². The molecule has 2 atom stereocenters. The Morgan fingerprint density at radius 2 is 1.90 bits per heavy atom. The Labute approximate surface area is 177 Å². The van der Waals surface area contributed by atoms with Crippen molar-refractivity contribution < 1.29 is 23.9 Å². The van der Waals surface area contributed by atoms with Crippen LogP contribution in [0.2, 0.25) is 0 Å². The lowest BCUT2D eigenvalue weighted by Gasteiger charge is -2.41. The van der Waals surface area contributed by atoms with Gasteiger partial charge >= 0.3 is 12.1 Å². The van der Waals surface area contributed by atoms with E-state index in [4.69, 9.17) is 9.47 Å². The summed E-state index contributed by atoms with van der Waals surface area (Å²) in [6, 6.07) is 9.76. The van der Waals surface area contributed by atoms with Crippen LogP contribution in [0.5, 0.6) is 0 Å². The van der Waals surface area contributed by atoms with Gasteiger partial charge in [0.25, 0.3) is 0 Å². The van der Waals surface area contributed by atoms with Gasteiger partial charge < -0.3 is 14.4 Å². The maximum atomic E-state index is 12.8.